The molecule has 0 heterocycles. The van der Waals surface area contributed by atoms with Gasteiger partial charge in [-0.2, -0.15) is 18.4 Å². The summed E-state index contributed by atoms with van der Waals surface area (Å²) in [5.74, 6) is 0. The zero-order chi connectivity index (χ0) is 15.3. The Morgan fingerprint density at radius 1 is 1.50 bits per heavy atom. The molecule has 1 rings (SSSR count). The van der Waals surface area contributed by atoms with Crippen LogP contribution in [0.3, 0.4) is 0 Å². The maximum absolute atomic E-state index is 12.6. The third kappa shape index (κ3) is 4.31. The lowest BCUT2D eigenvalue weighted by molar-refractivity contribution is -0.137. The van der Waals surface area contributed by atoms with Crippen molar-refractivity contribution in [2.45, 2.75) is 12.6 Å². The van der Waals surface area contributed by atoms with Crippen molar-refractivity contribution < 1.29 is 18.0 Å². The zero-order valence-electron chi connectivity index (χ0n) is 10.5. The standard InChI is InChI=1S/C12H11ClF3N3O/c1-19(6-2-5-17)11(20)18-8-3-4-10(13)9(7-8)12(14,15)16/h3-4,7H,2,6H2,1H3,(H,18,20). The summed E-state index contributed by atoms with van der Waals surface area (Å²) >= 11 is 5.47. The van der Waals surface area contributed by atoms with Crippen molar-refractivity contribution >= 4 is 23.3 Å². The molecule has 0 bridgehead atoms. The summed E-state index contributed by atoms with van der Waals surface area (Å²) in [4.78, 5) is 12.9. The largest absolute Gasteiger partial charge is 0.417 e. The third-order valence-electron chi connectivity index (χ3n) is 2.43. The van der Waals surface area contributed by atoms with Crippen LogP contribution >= 0.6 is 11.6 Å². The number of carbonyl (C=O) groups excluding carboxylic acids is 1. The predicted octanol–water partition coefficient (Wildman–Crippen LogP) is 3.74. The number of rotatable bonds is 3. The molecule has 108 valence electrons. The van der Waals surface area contributed by atoms with Crippen LogP contribution in [0.25, 0.3) is 0 Å². The molecule has 0 aliphatic carbocycles. The van der Waals surface area contributed by atoms with Gasteiger partial charge in [0.2, 0.25) is 0 Å². The van der Waals surface area contributed by atoms with E-state index in [2.05, 4.69) is 5.32 Å². The molecule has 0 aliphatic heterocycles. The fraction of sp³-hybridized carbons (Fsp3) is 0.333. The van der Waals surface area contributed by atoms with Crippen LogP contribution in [-0.4, -0.2) is 24.5 Å². The number of hydrogen-bond acceptors (Lipinski definition) is 2. The number of amides is 2. The summed E-state index contributed by atoms with van der Waals surface area (Å²) in [7, 11) is 1.44. The normalized spacial score (nSPS) is 10.8. The average Bonchev–Trinajstić information content (AvgIpc) is 2.36. The molecule has 0 aromatic heterocycles. The molecule has 4 nitrogen and oxygen atoms in total. The molecule has 0 unspecified atom stereocenters. The first-order valence-corrected chi connectivity index (χ1v) is 5.89. The number of carbonyl (C=O) groups is 1. The van der Waals surface area contributed by atoms with Gasteiger partial charge in [-0.05, 0) is 18.2 Å². The molecule has 0 atom stereocenters. The Kier molecular flexibility index (Phi) is 5.22. The summed E-state index contributed by atoms with van der Waals surface area (Å²) < 4.78 is 37.9. The minimum Gasteiger partial charge on any atom is -0.327 e. The van der Waals surface area contributed by atoms with E-state index >= 15 is 0 Å². The molecule has 0 saturated carbocycles. The SMILES string of the molecule is CN(CCC#N)C(=O)Nc1ccc(Cl)c(C(F)(F)F)c1. The smallest absolute Gasteiger partial charge is 0.327 e. The molecule has 0 fully saturated rings. The maximum Gasteiger partial charge on any atom is 0.417 e. The molecule has 8 heteroatoms. The van der Waals surface area contributed by atoms with E-state index in [4.69, 9.17) is 16.9 Å². The fourth-order valence-electron chi connectivity index (χ4n) is 1.36. The highest BCUT2D eigenvalue weighted by molar-refractivity contribution is 6.31. The molecule has 1 aromatic carbocycles. The van der Waals surface area contributed by atoms with E-state index in [-0.39, 0.29) is 18.7 Å². The number of anilines is 1. The van der Waals surface area contributed by atoms with Crippen LogP contribution in [-0.2, 0) is 6.18 Å². The van der Waals surface area contributed by atoms with E-state index in [1.807, 2.05) is 6.07 Å². The Morgan fingerprint density at radius 2 is 2.15 bits per heavy atom. The van der Waals surface area contributed by atoms with Crippen LogP contribution in [0, 0.1) is 11.3 Å². The Labute approximate surface area is 118 Å². The fourth-order valence-corrected chi connectivity index (χ4v) is 1.58. The van der Waals surface area contributed by atoms with E-state index < -0.39 is 22.8 Å². The van der Waals surface area contributed by atoms with Crippen molar-refractivity contribution in [1.82, 2.24) is 4.90 Å². The summed E-state index contributed by atoms with van der Waals surface area (Å²) in [6.45, 7) is 0.183. The van der Waals surface area contributed by atoms with Crippen molar-refractivity contribution in [1.29, 1.82) is 5.26 Å². The highest BCUT2D eigenvalue weighted by Crippen LogP contribution is 2.36. The molecule has 0 saturated heterocycles. The maximum atomic E-state index is 12.6. The van der Waals surface area contributed by atoms with Gasteiger partial charge >= 0.3 is 12.2 Å². The number of nitrogens with zero attached hydrogens (tertiary/aromatic N) is 2. The van der Waals surface area contributed by atoms with Crippen molar-refractivity contribution in [3.63, 3.8) is 0 Å². The number of urea groups is 1. The van der Waals surface area contributed by atoms with Crippen molar-refractivity contribution in [2.75, 3.05) is 18.9 Å². The van der Waals surface area contributed by atoms with Gasteiger partial charge in [-0.15, -0.1) is 0 Å². The van der Waals surface area contributed by atoms with Crippen LogP contribution in [0.2, 0.25) is 5.02 Å². The van der Waals surface area contributed by atoms with Gasteiger partial charge in [0.1, 0.15) is 0 Å². The van der Waals surface area contributed by atoms with E-state index in [0.717, 1.165) is 12.1 Å². The van der Waals surface area contributed by atoms with Crippen LogP contribution in [0.1, 0.15) is 12.0 Å². The minimum atomic E-state index is -4.59. The molecule has 20 heavy (non-hydrogen) atoms. The van der Waals surface area contributed by atoms with E-state index in [1.54, 1.807) is 0 Å². The first-order chi connectivity index (χ1) is 9.25. The lowest BCUT2D eigenvalue weighted by atomic mass is 10.2. The van der Waals surface area contributed by atoms with E-state index in [9.17, 15) is 18.0 Å². The number of nitriles is 1. The topological polar surface area (TPSA) is 56.1 Å². The summed E-state index contributed by atoms with van der Waals surface area (Å²) in [6.07, 6.45) is -4.46. The number of benzene rings is 1. The predicted molar refractivity (Wildman–Crippen MR) is 68.3 cm³/mol. The first-order valence-electron chi connectivity index (χ1n) is 5.51. The summed E-state index contributed by atoms with van der Waals surface area (Å²) in [5.41, 5.74) is -1.04. The van der Waals surface area contributed by atoms with Crippen LogP contribution in [0.4, 0.5) is 23.7 Å². The Bertz CT molecular complexity index is 540. The third-order valence-corrected chi connectivity index (χ3v) is 2.76. The monoisotopic (exact) mass is 305 g/mol. The number of nitrogens with one attached hydrogen (secondary N) is 1. The second-order valence-corrected chi connectivity index (χ2v) is 4.36. The lowest BCUT2D eigenvalue weighted by Gasteiger charge is -2.17. The highest BCUT2D eigenvalue weighted by atomic mass is 35.5. The molecule has 2 amide bonds. The van der Waals surface area contributed by atoms with Crippen molar-refractivity contribution in [3.8, 4) is 6.07 Å². The van der Waals surface area contributed by atoms with Gasteiger partial charge in [0.05, 0.1) is 23.1 Å². The molecule has 1 aromatic rings. The van der Waals surface area contributed by atoms with Gasteiger partial charge in [0.25, 0.3) is 0 Å². The Hall–Kier alpha value is -1.94. The molecular weight excluding hydrogens is 295 g/mol. The quantitative estimate of drug-likeness (QED) is 0.925. The van der Waals surface area contributed by atoms with Gasteiger partial charge < -0.3 is 10.2 Å². The Balaban J connectivity index is 2.84. The van der Waals surface area contributed by atoms with E-state index in [1.165, 1.54) is 18.0 Å². The number of hydrogen-bond donors (Lipinski definition) is 1. The van der Waals surface area contributed by atoms with Crippen LogP contribution in [0.15, 0.2) is 18.2 Å². The molecule has 1 N–H and O–H groups in total. The van der Waals surface area contributed by atoms with Gasteiger partial charge in [-0.25, -0.2) is 4.79 Å². The van der Waals surface area contributed by atoms with Gasteiger partial charge in [-0.3, -0.25) is 0 Å². The van der Waals surface area contributed by atoms with Gasteiger partial charge in [0.15, 0.2) is 0 Å². The second-order valence-electron chi connectivity index (χ2n) is 3.95. The first kappa shape index (κ1) is 16.1. The lowest BCUT2D eigenvalue weighted by Crippen LogP contribution is -2.32. The number of alkyl halides is 3. The van der Waals surface area contributed by atoms with Crippen molar-refractivity contribution in [3.05, 3.63) is 28.8 Å². The number of halogens is 4. The summed E-state index contributed by atoms with van der Waals surface area (Å²) in [5, 5.41) is 10.3. The minimum absolute atomic E-state index is 0.0180. The Morgan fingerprint density at radius 3 is 2.70 bits per heavy atom. The van der Waals surface area contributed by atoms with E-state index in [0.29, 0.717) is 0 Å². The molecule has 0 radical (unpaired) electrons. The van der Waals surface area contributed by atoms with Crippen LogP contribution < -0.4 is 5.32 Å². The second kappa shape index (κ2) is 6.48. The van der Waals surface area contributed by atoms with Crippen LogP contribution in [0.5, 0.6) is 0 Å². The van der Waals surface area contributed by atoms with Gasteiger partial charge in [0, 0.05) is 19.3 Å². The van der Waals surface area contributed by atoms with Crippen molar-refractivity contribution in [2.24, 2.45) is 0 Å². The molecule has 0 aliphatic rings. The average molecular weight is 306 g/mol. The highest BCUT2D eigenvalue weighted by Gasteiger charge is 2.33. The summed E-state index contributed by atoms with van der Waals surface area (Å²) in [6, 6.07) is 4.36. The molecular formula is C12H11ClF3N3O. The van der Waals surface area contributed by atoms with Gasteiger partial charge in [-0.1, -0.05) is 11.6 Å². The zero-order valence-corrected chi connectivity index (χ0v) is 11.2. The molecule has 0 spiro atoms.